The summed E-state index contributed by atoms with van der Waals surface area (Å²) in [4.78, 5) is 35.5. The topological polar surface area (TPSA) is 84.5 Å². The number of hydrogen-bond acceptors (Lipinski definition) is 4. The summed E-state index contributed by atoms with van der Waals surface area (Å²) in [5.74, 6) is -0.838. The number of halogens is 1. The van der Waals surface area contributed by atoms with E-state index < -0.39 is 12.0 Å². The van der Waals surface area contributed by atoms with Crippen molar-refractivity contribution >= 4 is 29.4 Å². The minimum atomic E-state index is -0.672. The lowest BCUT2D eigenvalue weighted by atomic mass is 10.0. The molecular weight excluding hydrogens is 332 g/mol. The highest BCUT2D eigenvalue weighted by Gasteiger charge is 2.22. The molecule has 0 spiro atoms. The van der Waals surface area contributed by atoms with Crippen molar-refractivity contribution in [2.75, 3.05) is 13.7 Å². The highest BCUT2D eigenvalue weighted by Crippen LogP contribution is 2.09. The van der Waals surface area contributed by atoms with Crippen molar-refractivity contribution < 1.29 is 19.1 Å². The highest BCUT2D eigenvalue weighted by molar-refractivity contribution is 6.30. The van der Waals surface area contributed by atoms with E-state index in [-0.39, 0.29) is 30.7 Å². The quantitative estimate of drug-likeness (QED) is 0.701. The van der Waals surface area contributed by atoms with E-state index in [1.165, 1.54) is 7.11 Å². The van der Waals surface area contributed by atoms with Gasteiger partial charge in [0, 0.05) is 23.6 Å². The number of carbonyl (C=O) groups is 3. The zero-order valence-corrected chi connectivity index (χ0v) is 14.9. The van der Waals surface area contributed by atoms with Gasteiger partial charge in [-0.25, -0.2) is 4.79 Å². The number of amides is 2. The Morgan fingerprint density at radius 2 is 1.79 bits per heavy atom. The molecule has 24 heavy (non-hydrogen) atoms. The molecule has 0 saturated heterocycles. The molecule has 1 unspecified atom stereocenters. The smallest absolute Gasteiger partial charge is 0.328 e. The molecule has 7 heteroatoms. The van der Waals surface area contributed by atoms with Crippen LogP contribution < -0.4 is 10.6 Å². The zero-order valence-electron chi connectivity index (χ0n) is 14.1. The average molecular weight is 355 g/mol. The van der Waals surface area contributed by atoms with Crippen molar-refractivity contribution in [1.29, 1.82) is 0 Å². The molecule has 1 aromatic carbocycles. The first-order valence-electron chi connectivity index (χ1n) is 7.74. The van der Waals surface area contributed by atoms with Crippen LogP contribution in [0.5, 0.6) is 0 Å². The van der Waals surface area contributed by atoms with E-state index in [0.29, 0.717) is 17.0 Å². The van der Waals surface area contributed by atoms with Crippen LogP contribution in [0.25, 0.3) is 0 Å². The van der Waals surface area contributed by atoms with Crippen LogP contribution in [0, 0.1) is 5.92 Å². The third-order valence-electron chi connectivity index (χ3n) is 3.27. The van der Waals surface area contributed by atoms with Crippen LogP contribution in [0.15, 0.2) is 24.3 Å². The van der Waals surface area contributed by atoms with E-state index >= 15 is 0 Å². The van der Waals surface area contributed by atoms with Gasteiger partial charge >= 0.3 is 5.97 Å². The normalized spacial score (nSPS) is 11.7. The van der Waals surface area contributed by atoms with Crippen LogP contribution in [-0.2, 0) is 14.3 Å². The Balaban J connectivity index is 2.42. The van der Waals surface area contributed by atoms with Crippen molar-refractivity contribution in [1.82, 2.24) is 10.6 Å². The van der Waals surface area contributed by atoms with Gasteiger partial charge in [0.05, 0.1) is 7.11 Å². The number of nitrogens with one attached hydrogen (secondary N) is 2. The summed E-state index contributed by atoms with van der Waals surface area (Å²) in [6, 6.07) is 5.78. The van der Waals surface area contributed by atoms with Gasteiger partial charge < -0.3 is 15.4 Å². The fraction of sp³-hybridized carbons (Fsp3) is 0.471. The maximum atomic E-state index is 11.9. The predicted molar refractivity (Wildman–Crippen MR) is 91.8 cm³/mol. The van der Waals surface area contributed by atoms with Crippen molar-refractivity contribution in [3.05, 3.63) is 34.9 Å². The number of esters is 1. The second kappa shape index (κ2) is 9.93. The summed E-state index contributed by atoms with van der Waals surface area (Å²) < 4.78 is 4.69. The van der Waals surface area contributed by atoms with Crippen LogP contribution >= 0.6 is 11.6 Å². The molecule has 0 fully saturated rings. The van der Waals surface area contributed by atoms with Crippen LogP contribution in [0.2, 0.25) is 5.02 Å². The van der Waals surface area contributed by atoms with Gasteiger partial charge in [0.2, 0.25) is 5.91 Å². The number of hydrogen-bond donors (Lipinski definition) is 2. The van der Waals surface area contributed by atoms with Crippen LogP contribution in [0.3, 0.4) is 0 Å². The molecule has 1 atom stereocenters. The summed E-state index contributed by atoms with van der Waals surface area (Å²) in [5, 5.41) is 5.83. The Hall–Kier alpha value is -2.08. The second-order valence-electron chi connectivity index (χ2n) is 5.79. The monoisotopic (exact) mass is 354 g/mol. The van der Waals surface area contributed by atoms with E-state index in [9.17, 15) is 14.4 Å². The largest absolute Gasteiger partial charge is 0.467 e. The molecular formula is C17H23ClN2O4. The molecule has 6 nitrogen and oxygen atoms in total. The van der Waals surface area contributed by atoms with Gasteiger partial charge in [-0.2, -0.15) is 0 Å². The number of rotatable bonds is 8. The van der Waals surface area contributed by atoms with E-state index in [2.05, 4.69) is 10.6 Å². The Bertz CT molecular complexity index is 572. The zero-order chi connectivity index (χ0) is 18.1. The molecule has 2 N–H and O–H groups in total. The highest BCUT2D eigenvalue weighted by atomic mass is 35.5. The lowest BCUT2D eigenvalue weighted by Gasteiger charge is -2.18. The van der Waals surface area contributed by atoms with Gasteiger partial charge in [0.1, 0.15) is 6.04 Å². The van der Waals surface area contributed by atoms with E-state index in [1.807, 2.05) is 13.8 Å². The second-order valence-corrected chi connectivity index (χ2v) is 6.22. The molecule has 0 radical (unpaired) electrons. The lowest BCUT2D eigenvalue weighted by molar-refractivity contribution is -0.145. The van der Waals surface area contributed by atoms with Gasteiger partial charge in [-0.15, -0.1) is 0 Å². The SMILES string of the molecule is COC(=O)C(CC(C)C)NC(=O)CCNC(=O)c1ccc(Cl)cc1. The first-order valence-corrected chi connectivity index (χ1v) is 8.12. The standard InChI is InChI=1S/C17H23ClN2O4/c1-11(2)10-14(17(23)24-3)20-15(21)8-9-19-16(22)12-4-6-13(18)7-5-12/h4-7,11,14H,8-10H2,1-3H3,(H,19,22)(H,20,21). The van der Waals surface area contributed by atoms with Crippen LogP contribution in [0.4, 0.5) is 0 Å². The summed E-state index contributed by atoms with van der Waals surface area (Å²) in [5.41, 5.74) is 0.465. The average Bonchev–Trinajstić information content (AvgIpc) is 2.53. The fourth-order valence-electron chi connectivity index (χ4n) is 2.09. The van der Waals surface area contributed by atoms with Crippen LogP contribution in [-0.4, -0.2) is 37.5 Å². The third-order valence-corrected chi connectivity index (χ3v) is 3.52. The molecule has 1 aromatic rings. The maximum absolute atomic E-state index is 11.9. The minimum absolute atomic E-state index is 0.0743. The Kier molecular flexibility index (Phi) is 8.26. The molecule has 1 rings (SSSR count). The molecule has 2 amide bonds. The molecule has 0 bridgehead atoms. The Morgan fingerprint density at radius 1 is 1.17 bits per heavy atom. The van der Waals surface area contributed by atoms with Crippen molar-refractivity contribution in [2.45, 2.75) is 32.7 Å². The van der Waals surface area contributed by atoms with Gasteiger partial charge in [-0.3, -0.25) is 9.59 Å². The molecule has 0 aliphatic carbocycles. The molecule has 0 aliphatic heterocycles. The summed E-state index contributed by atoms with van der Waals surface area (Å²) in [6.07, 6.45) is 0.570. The molecule has 0 heterocycles. The number of benzene rings is 1. The van der Waals surface area contributed by atoms with Gasteiger partial charge in [0.25, 0.3) is 5.91 Å². The summed E-state index contributed by atoms with van der Waals surface area (Å²) in [6.45, 7) is 4.08. The first-order chi connectivity index (χ1) is 11.3. The Labute approximate surface area is 146 Å². The van der Waals surface area contributed by atoms with E-state index in [4.69, 9.17) is 16.3 Å². The third kappa shape index (κ3) is 7.00. The lowest BCUT2D eigenvalue weighted by Crippen LogP contribution is -2.43. The van der Waals surface area contributed by atoms with Crippen molar-refractivity contribution in [3.8, 4) is 0 Å². The first kappa shape index (κ1) is 20.0. The Morgan fingerprint density at radius 3 is 2.33 bits per heavy atom. The number of methoxy groups -OCH3 is 1. The van der Waals surface area contributed by atoms with E-state index in [0.717, 1.165) is 0 Å². The van der Waals surface area contributed by atoms with Crippen LogP contribution in [0.1, 0.15) is 37.0 Å². The molecule has 0 aliphatic rings. The minimum Gasteiger partial charge on any atom is -0.467 e. The molecule has 0 saturated carbocycles. The molecule has 132 valence electrons. The van der Waals surface area contributed by atoms with E-state index in [1.54, 1.807) is 24.3 Å². The van der Waals surface area contributed by atoms with Crippen molar-refractivity contribution in [2.24, 2.45) is 5.92 Å². The van der Waals surface area contributed by atoms with Gasteiger partial charge in [-0.05, 0) is 36.6 Å². The van der Waals surface area contributed by atoms with Crippen molar-refractivity contribution in [3.63, 3.8) is 0 Å². The maximum Gasteiger partial charge on any atom is 0.328 e. The molecule has 0 aromatic heterocycles. The number of ether oxygens (including phenoxy) is 1. The van der Waals surface area contributed by atoms with Gasteiger partial charge in [-0.1, -0.05) is 25.4 Å². The summed E-state index contributed by atoms with van der Waals surface area (Å²) >= 11 is 5.76. The summed E-state index contributed by atoms with van der Waals surface area (Å²) in [7, 11) is 1.29. The fourth-order valence-corrected chi connectivity index (χ4v) is 2.21. The predicted octanol–water partition coefficient (Wildman–Crippen LogP) is 2.16. The number of carbonyl (C=O) groups excluding carboxylic acids is 3. The van der Waals surface area contributed by atoms with Gasteiger partial charge in [0.15, 0.2) is 0 Å².